The molecular weight excluding hydrogens is 208 g/mol. The molecule has 0 aliphatic heterocycles. The molecule has 2 N–H and O–H groups in total. The normalized spacial score (nSPS) is 12.3. The van der Waals surface area contributed by atoms with Gasteiger partial charge in [0.25, 0.3) is 0 Å². The van der Waals surface area contributed by atoms with Crippen LogP contribution in [0.25, 0.3) is 0 Å². The van der Waals surface area contributed by atoms with Crippen molar-refractivity contribution in [2.75, 3.05) is 0 Å². The molecule has 0 aliphatic carbocycles. The minimum Gasteiger partial charge on any atom is -0.478 e. The smallest absolute Gasteiger partial charge is 0.328 e. The Bertz CT molecular complexity index is 401. The summed E-state index contributed by atoms with van der Waals surface area (Å²) in [6, 6.07) is 3.39. The first-order valence-electron chi connectivity index (χ1n) is 4.71. The number of carboxylic acids is 1. The quantitative estimate of drug-likeness (QED) is 0.739. The summed E-state index contributed by atoms with van der Waals surface area (Å²) in [6.45, 7) is 1.80. The van der Waals surface area contributed by atoms with Crippen molar-refractivity contribution in [1.29, 1.82) is 0 Å². The zero-order chi connectivity index (χ0) is 12.0. The van der Waals surface area contributed by atoms with Gasteiger partial charge in [0.1, 0.15) is 0 Å². The molecule has 1 amide bonds. The molecular formula is C11H12N2O3. The number of aliphatic carboxylic acids is 1. The molecule has 1 aromatic heterocycles. The number of nitrogens with one attached hydrogen (secondary N) is 1. The molecule has 5 nitrogen and oxygen atoms in total. The number of aromatic nitrogens is 1. The van der Waals surface area contributed by atoms with Crippen LogP contribution in [-0.4, -0.2) is 22.0 Å². The highest BCUT2D eigenvalue weighted by molar-refractivity contribution is 5.94. The standard InChI is InChI=1S/C11H12N2O3/c1-8(9-3-2-6-12-7-9)13-10(14)4-5-11(15)16/h2-8H,1H3,(H,13,14)(H,15,16)/b5-4+/t8-/m0/s1. The lowest BCUT2D eigenvalue weighted by Crippen LogP contribution is -2.24. The molecule has 1 heterocycles. The van der Waals surface area contributed by atoms with E-state index < -0.39 is 11.9 Å². The Balaban J connectivity index is 2.55. The van der Waals surface area contributed by atoms with Crippen LogP contribution in [-0.2, 0) is 9.59 Å². The van der Waals surface area contributed by atoms with Gasteiger partial charge in [-0.15, -0.1) is 0 Å². The lowest BCUT2D eigenvalue weighted by Gasteiger charge is -2.11. The van der Waals surface area contributed by atoms with E-state index in [4.69, 9.17) is 5.11 Å². The second-order valence-electron chi connectivity index (χ2n) is 3.19. The van der Waals surface area contributed by atoms with Crippen LogP contribution in [0.4, 0.5) is 0 Å². The highest BCUT2D eigenvalue weighted by atomic mass is 16.4. The van der Waals surface area contributed by atoms with Crippen molar-refractivity contribution in [2.24, 2.45) is 0 Å². The Hall–Kier alpha value is -2.17. The van der Waals surface area contributed by atoms with E-state index in [0.29, 0.717) is 0 Å². The van der Waals surface area contributed by atoms with Gasteiger partial charge in [0, 0.05) is 24.5 Å². The average molecular weight is 220 g/mol. The summed E-state index contributed by atoms with van der Waals surface area (Å²) < 4.78 is 0. The maximum Gasteiger partial charge on any atom is 0.328 e. The van der Waals surface area contributed by atoms with Crippen molar-refractivity contribution >= 4 is 11.9 Å². The number of carbonyl (C=O) groups is 2. The summed E-state index contributed by atoms with van der Waals surface area (Å²) in [5, 5.41) is 11.0. The van der Waals surface area contributed by atoms with Gasteiger partial charge in [-0.05, 0) is 18.6 Å². The topological polar surface area (TPSA) is 79.3 Å². The number of carbonyl (C=O) groups excluding carboxylic acids is 1. The van der Waals surface area contributed by atoms with Gasteiger partial charge >= 0.3 is 5.97 Å². The van der Waals surface area contributed by atoms with E-state index in [9.17, 15) is 9.59 Å². The monoisotopic (exact) mass is 220 g/mol. The molecule has 0 spiro atoms. The fraction of sp³-hybridized carbons (Fsp3) is 0.182. The van der Waals surface area contributed by atoms with Gasteiger partial charge in [0.2, 0.25) is 5.91 Å². The highest BCUT2D eigenvalue weighted by Crippen LogP contribution is 2.09. The molecule has 1 aromatic rings. The summed E-state index contributed by atoms with van der Waals surface area (Å²) >= 11 is 0. The first-order chi connectivity index (χ1) is 7.59. The maximum absolute atomic E-state index is 11.2. The number of hydrogen-bond donors (Lipinski definition) is 2. The molecule has 1 rings (SSSR count). The Morgan fingerprint density at radius 1 is 1.50 bits per heavy atom. The zero-order valence-corrected chi connectivity index (χ0v) is 8.75. The van der Waals surface area contributed by atoms with Crippen molar-refractivity contribution in [2.45, 2.75) is 13.0 Å². The molecule has 0 aliphatic rings. The SMILES string of the molecule is C[C@H](NC(=O)/C=C/C(=O)O)c1cccnc1. The molecule has 0 unspecified atom stereocenters. The molecule has 1 atom stereocenters. The number of nitrogens with zero attached hydrogens (tertiary/aromatic N) is 1. The largest absolute Gasteiger partial charge is 0.478 e. The van der Waals surface area contributed by atoms with Crippen LogP contribution in [0.1, 0.15) is 18.5 Å². The first-order valence-corrected chi connectivity index (χ1v) is 4.71. The number of pyridine rings is 1. The fourth-order valence-corrected chi connectivity index (χ4v) is 1.12. The fourth-order valence-electron chi connectivity index (χ4n) is 1.12. The predicted octanol–water partition coefficient (Wildman–Crippen LogP) is 0.900. The van der Waals surface area contributed by atoms with Crippen molar-refractivity contribution in [3.8, 4) is 0 Å². The Labute approximate surface area is 92.8 Å². The van der Waals surface area contributed by atoms with Crippen LogP contribution in [0.2, 0.25) is 0 Å². The van der Waals surface area contributed by atoms with Gasteiger partial charge in [-0.1, -0.05) is 6.07 Å². The molecule has 0 saturated heterocycles. The van der Waals surface area contributed by atoms with E-state index in [1.807, 2.05) is 6.07 Å². The van der Waals surface area contributed by atoms with Crippen LogP contribution < -0.4 is 5.32 Å². The summed E-state index contributed by atoms with van der Waals surface area (Å²) in [4.78, 5) is 25.4. The second kappa shape index (κ2) is 5.65. The molecule has 0 radical (unpaired) electrons. The van der Waals surface area contributed by atoms with E-state index >= 15 is 0 Å². The lowest BCUT2D eigenvalue weighted by atomic mass is 10.1. The van der Waals surface area contributed by atoms with E-state index in [1.54, 1.807) is 25.4 Å². The van der Waals surface area contributed by atoms with Crippen LogP contribution in [0.3, 0.4) is 0 Å². The summed E-state index contributed by atoms with van der Waals surface area (Å²) in [7, 11) is 0. The molecule has 84 valence electrons. The number of carboxylic acid groups (broad SMARTS) is 1. The van der Waals surface area contributed by atoms with Gasteiger partial charge in [0.05, 0.1) is 6.04 Å². The second-order valence-corrected chi connectivity index (χ2v) is 3.19. The Morgan fingerprint density at radius 3 is 2.81 bits per heavy atom. The minimum absolute atomic E-state index is 0.209. The highest BCUT2D eigenvalue weighted by Gasteiger charge is 2.06. The Morgan fingerprint density at radius 2 is 2.25 bits per heavy atom. The molecule has 0 bridgehead atoms. The number of rotatable bonds is 4. The lowest BCUT2D eigenvalue weighted by molar-refractivity contribution is -0.131. The van der Waals surface area contributed by atoms with E-state index in [1.165, 1.54) is 0 Å². The van der Waals surface area contributed by atoms with Gasteiger partial charge in [0.15, 0.2) is 0 Å². The Kier molecular flexibility index (Phi) is 4.20. The van der Waals surface area contributed by atoms with Crippen molar-refractivity contribution in [3.63, 3.8) is 0 Å². The van der Waals surface area contributed by atoms with Crippen LogP contribution in [0, 0.1) is 0 Å². The van der Waals surface area contributed by atoms with Gasteiger partial charge in [-0.3, -0.25) is 9.78 Å². The van der Waals surface area contributed by atoms with Gasteiger partial charge in [-0.2, -0.15) is 0 Å². The average Bonchev–Trinajstić information content (AvgIpc) is 2.27. The first kappa shape index (κ1) is 11.9. The van der Waals surface area contributed by atoms with Crippen LogP contribution in [0.15, 0.2) is 36.7 Å². The van der Waals surface area contributed by atoms with Gasteiger partial charge < -0.3 is 10.4 Å². The van der Waals surface area contributed by atoms with E-state index in [2.05, 4.69) is 10.3 Å². The third-order valence-corrected chi connectivity index (χ3v) is 1.92. The predicted molar refractivity (Wildman–Crippen MR) is 57.6 cm³/mol. The summed E-state index contributed by atoms with van der Waals surface area (Å²) in [6.07, 6.45) is 5.06. The zero-order valence-electron chi connectivity index (χ0n) is 8.75. The van der Waals surface area contributed by atoms with E-state index in [-0.39, 0.29) is 6.04 Å². The molecule has 0 aromatic carbocycles. The number of hydrogen-bond acceptors (Lipinski definition) is 3. The molecule has 5 heteroatoms. The third-order valence-electron chi connectivity index (χ3n) is 1.92. The third kappa shape index (κ3) is 3.91. The van der Waals surface area contributed by atoms with Gasteiger partial charge in [-0.25, -0.2) is 4.79 Å². The summed E-state index contributed by atoms with van der Waals surface area (Å²) in [5.74, 6) is -1.59. The van der Waals surface area contributed by atoms with E-state index in [0.717, 1.165) is 17.7 Å². The molecule has 0 fully saturated rings. The summed E-state index contributed by atoms with van der Waals surface area (Å²) in [5.41, 5.74) is 0.861. The maximum atomic E-state index is 11.2. The molecule has 16 heavy (non-hydrogen) atoms. The van der Waals surface area contributed by atoms with Crippen LogP contribution >= 0.6 is 0 Å². The number of amides is 1. The van der Waals surface area contributed by atoms with Crippen molar-refractivity contribution < 1.29 is 14.7 Å². The van der Waals surface area contributed by atoms with Crippen molar-refractivity contribution in [3.05, 3.63) is 42.2 Å². The van der Waals surface area contributed by atoms with Crippen molar-refractivity contribution in [1.82, 2.24) is 10.3 Å². The van der Waals surface area contributed by atoms with Crippen LogP contribution in [0.5, 0.6) is 0 Å². The minimum atomic E-state index is -1.15. The molecule has 0 saturated carbocycles.